The van der Waals surface area contributed by atoms with Gasteiger partial charge in [0, 0.05) is 0 Å². The molecule has 74 valence electrons. The van der Waals surface area contributed by atoms with Crippen LogP contribution >= 0.6 is 0 Å². The van der Waals surface area contributed by atoms with Crippen molar-refractivity contribution in [1.82, 2.24) is 0 Å². The first-order chi connectivity index (χ1) is 6.95. The first kappa shape index (κ1) is 9.97. The van der Waals surface area contributed by atoms with E-state index in [9.17, 15) is 0 Å². The number of rotatable bonds is 3. The van der Waals surface area contributed by atoms with Crippen LogP contribution in [-0.2, 0) is 0 Å². The van der Waals surface area contributed by atoms with Gasteiger partial charge < -0.3 is 0 Å². The highest BCUT2D eigenvalue weighted by molar-refractivity contribution is 6.53. The zero-order valence-corrected chi connectivity index (χ0v) is 9.71. The van der Waals surface area contributed by atoms with Crippen molar-refractivity contribution in [3.63, 3.8) is 0 Å². The number of hydrogen-bond donors (Lipinski definition) is 0. The lowest BCUT2D eigenvalue weighted by atomic mass is 9.91. The molecular formula is C13H18Si. The maximum absolute atomic E-state index is 2.27. The molecule has 0 N–H and O–H groups in total. The summed E-state index contributed by atoms with van der Waals surface area (Å²) in [6, 6.07) is 12.4. The number of benzene rings is 1. The summed E-state index contributed by atoms with van der Waals surface area (Å²) in [6.45, 7) is 0. The zero-order chi connectivity index (χ0) is 9.64. The van der Waals surface area contributed by atoms with E-state index in [0.717, 1.165) is 15.4 Å². The Morgan fingerprint density at radius 3 is 2.43 bits per heavy atom. The van der Waals surface area contributed by atoms with Gasteiger partial charge in [0.2, 0.25) is 0 Å². The Morgan fingerprint density at radius 1 is 1.00 bits per heavy atom. The van der Waals surface area contributed by atoms with Crippen LogP contribution in [0.4, 0.5) is 0 Å². The van der Waals surface area contributed by atoms with E-state index < -0.39 is 0 Å². The van der Waals surface area contributed by atoms with Gasteiger partial charge in [-0.15, -0.1) is 0 Å². The third-order valence-electron chi connectivity index (χ3n) is 3.09. The molecule has 14 heavy (non-hydrogen) atoms. The first-order valence-electron chi connectivity index (χ1n) is 5.74. The summed E-state index contributed by atoms with van der Waals surface area (Å²) >= 11 is 0. The van der Waals surface area contributed by atoms with Crippen LogP contribution < -0.4 is 5.19 Å². The SMILES string of the molecule is c1ccc([Si]CC2CCCCC2)cc1. The first-order valence-corrected chi connectivity index (χ1v) is 6.95. The summed E-state index contributed by atoms with van der Waals surface area (Å²) in [5.74, 6) is 1.03. The quantitative estimate of drug-likeness (QED) is 0.661. The highest BCUT2D eigenvalue weighted by Crippen LogP contribution is 2.26. The molecule has 1 aliphatic rings. The second-order valence-electron chi connectivity index (χ2n) is 4.25. The van der Waals surface area contributed by atoms with E-state index in [1.54, 1.807) is 0 Å². The third kappa shape index (κ3) is 2.98. The average molecular weight is 202 g/mol. The van der Waals surface area contributed by atoms with E-state index in [-0.39, 0.29) is 0 Å². The molecule has 1 saturated carbocycles. The molecule has 0 unspecified atom stereocenters. The molecule has 2 rings (SSSR count). The van der Waals surface area contributed by atoms with Crippen molar-refractivity contribution in [2.75, 3.05) is 0 Å². The lowest BCUT2D eigenvalue weighted by molar-refractivity contribution is 0.385. The molecule has 0 saturated heterocycles. The Hall–Kier alpha value is -0.563. The fraction of sp³-hybridized carbons (Fsp3) is 0.538. The van der Waals surface area contributed by atoms with Crippen molar-refractivity contribution in [2.45, 2.75) is 38.1 Å². The van der Waals surface area contributed by atoms with Gasteiger partial charge in [-0.1, -0.05) is 73.7 Å². The maximum atomic E-state index is 2.27. The molecule has 0 nitrogen and oxygen atoms in total. The summed E-state index contributed by atoms with van der Waals surface area (Å²) in [5.41, 5.74) is 0. The molecule has 0 aromatic heterocycles. The van der Waals surface area contributed by atoms with Crippen molar-refractivity contribution in [1.29, 1.82) is 0 Å². The van der Waals surface area contributed by atoms with E-state index in [4.69, 9.17) is 0 Å². The average Bonchev–Trinajstić information content (AvgIpc) is 2.29. The smallest absolute Gasteiger partial charge is 0.0642 e. The van der Waals surface area contributed by atoms with Crippen LogP contribution in [-0.4, -0.2) is 9.52 Å². The summed E-state index contributed by atoms with van der Waals surface area (Å²) in [7, 11) is 1.04. The molecule has 0 spiro atoms. The van der Waals surface area contributed by atoms with Gasteiger partial charge in [-0.3, -0.25) is 0 Å². The van der Waals surface area contributed by atoms with Gasteiger partial charge in [0.05, 0.1) is 9.52 Å². The second-order valence-corrected chi connectivity index (χ2v) is 5.59. The van der Waals surface area contributed by atoms with E-state index >= 15 is 0 Å². The summed E-state index contributed by atoms with van der Waals surface area (Å²) in [4.78, 5) is 0. The van der Waals surface area contributed by atoms with Gasteiger partial charge >= 0.3 is 0 Å². The monoisotopic (exact) mass is 202 g/mol. The summed E-state index contributed by atoms with van der Waals surface area (Å²) in [5, 5.41) is 1.54. The molecule has 2 radical (unpaired) electrons. The second kappa shape index (κ2) is 5.35. The molecular weight excluding hydrogens is 184 g/mol. The van der Waals surface area contributed by atoms with Crippen molar-refractivity contribution in [2.24, 2.45) is 5.92 Å². The van der Waals surface area contributed by atoms with Crippen molar-refractivity contribution in [3.8, 4) is 0 Å². The molecule has 0 amide bonds. The minimum atomic E-state index is 1.03. The molecule has 0 bridgehead atoms. The van der Waals surface area contributed by atoms with Gasteiger partial charge in [-0.05, 0) is 5.92 Å². The van der Waals surface area contributed by atoms with E-state index in [0.29, 0.717) is 0 Å². The summed E-state index contributed by atoms with van der Waals surface area (Å²) in [6.07, 6.45) is 7.40. The van der Waals surface area contributed by atoms with Gasteiger partial charge in [0.1, 0.15) is 0 Å². The van der Waals surface area contributed by atoms with Crippen LogP contribution in [0, 0.1) is 5.92 Å². The standard InChI is InChI=1S/C13H18Si/c1-3-7-12(8-4-1)11-14-13-9-5-2-6-10-13/h2,5-6,9-10,12H,1,3-4,7-8,11H2. The Morgan fingerprint density at radius 2 is 1.71 bits per heavy atom. The van der Waals surface area contributed by atoms with Gasteiger partial charge in [-0.25, -0.2) is 0 Å². The molecule has 0 heterocycles. The molecule has 1 aromatic rings. The molecule has 1 heteroatoms. The molecule has 0 aliphatic heterocycles. The van der Waals surface area contributed by atoms with Crippen LogP contribution in [0.15, 0.2) is 30.3 Å². The Kier molecular flexibility index (Phi) is 3.81. The van der Waals surface area contributed by atoms with Crippen LogP contribution in [0.25, 0.3) is 0 Å². The molecule has 1 aromatic carbocycles. The largest absolute Gasteiger partial charge is 0.0810 e. The number of hydrogen-bond acceptors (Lipinski definition) is 0. The van der Waals surface area contributed by atoms with Crippen LogP contribution in [0.3, 0.4) is 0 Å². The topological polar surface area (TPSA) is 0 Å². The Labute approximate surface area is 89.6 Å². The predicted molar refractivity (Wildman–Crippen MR) is 63.2 cm³/mol. The highest BCUT2D eigenvalue weighted by atomic mass is 28.2. The normalized spacial score (nSPS) is 18.3. The van der Waals surface area contributed by atoms with E-state index in [2.05, 4.69) is 30.3 Å². The van der Waals surface area contributed by atoms with Crippen LogP contribution in [0.1, 0.15) is 32.1 Å². The van der Waals surface area contributed by atoms with E-state index in [1.165, 1.54) is 43.3 Å². The molecule has 0 atom stereocenters. The van der Waals surface area contributed by atoms with E-state index in [1.807, 2.05) is 0 Å². The lowest BCUT2D eigenvalue weighted by Gasteiger charge is -2.20. The fourth-order valence-corrected chi connectivity index (χ4v) is 3.57. The van der Waals surface area contributed by atoms with Crippen molar-refractivity contribution in [3.05, 3.63) is 30.3 Å². The minimum absolute atomic E-state index is 1.03. The van der Waals surface area contributed by atoms with Crippen LogP contribution in [0.5, 0.6) is 0 Å². The van der Waals surface area contributed by atoms with Crippen molar-refractivity contribution >= 4 is 14.7 Å². The Balaban J connectivity index is 1.76. The van der Waals surface area contributed by atoms with Crippen molar-refractivity contribution < 1.29 is 0 Å². The predicted octanol–water partition coefficient (Wildman–Crippen LogP) is 3.01. The lowest BCUT2D eigenvalue weighted by Crippen LogP contribution is -2.18. The zero-order valence-electron chi connectivity index (χ0n) is 8.71. The van der Waals surface area contributed by atoms with Gasteiger partial charge in [0.15, 0.2) is 0 Å². The summed E-state index contributed by atoms with van der Waals surface area (Å²) < 4.78 is 0. The van der Waals surface area contributed by atoms with Gasteiger partial charge in [0.25, 0.3) is 0 Å². The molecule has 1 aliphatic carbocycles. The fourth-order valence-electron chi connectivity index (χ4n) is 2.21. The minimum Gasteiger partial charge on any atom is -0.0642 e. The Bertz CT molecular complexity index is 249. The maximum Gasteiger partial charge on any atom is 0.0810 e. The van der Waals surface area contributed by atoms with Gasteiger partial charge in [-0.2, -0.15) is 0 Å². The third-order valence-corrected chi connectivity index (χ3v) is 4.62. The van der Waals surface area contributed by atoms with Crippen LogP contribution in [0.2, 0.25) is 6.04 Å². The highest BCUT2D eigenvalue weighted by Gasteiger charge is 2.13. The molecule has 1 fully saturated rings.